The highest BCUT2D eigenvalue weighted by Gasteiger charge is 2.48. The van der Waals surface area contributed by atoms with E-state index in [1.807, 2.05) is 4.90 Å². The van der Waals surface area contributed by atoms with Gasteiger partial charge in [-0.05, 0) is 56.2 Å². The van der Waals surface area contributed by atoms with Crippen LogP contribution in [0.5, 0.6) is 0 Å². The van der Waals surface area contributed by atoms with E-state index in [0.717, 1.165) is 57.2 Å². The molecule has 1 saturated heterocycles. The van der Waals surface area contributed by atoms with Gasteiger partial charge in [0.1, 0.15) is 0 Å². The summed E-state index contributed by atoms with van der Waals surface area (Å²) in [4.78, 5) is 14.8. The smallest absolute Gasteiger partial charge is 0.233 e. The van der Waals surface area contributed by atoms with Crippen LogP contribution in [-0.4, -0.2) is 23.7 Å². The lowest BCUT2D eigenvalue weighted by atomic mass is 9.72. The van der Waals surface area contributed by atoms with Gasteiger partial charge in [0.15, 0.2) is 0 Å². The number of rotatable bonds is 3. The molecule has 2 aliphatic rings. The van der Waals surface area contributed by atoms with Crippen molar-refractivity contribution in [2.75, 3.05) is 11.4 Å². The molecule has 1 N–H and O–H groups in total. The van der Waals surface area contributed by atoms with Crippen LogP contribution >= 0.6 is 0 Å². The van der Waals surface area contributed by atoms with Crippen molar-refractivity contribution in [2.24, 2.45) is 5.41 Å². The van der Waals surface area contributed by atoms with Crippen molar-refractivity contribution in [3.05, 3.63) is 29.8 Å². The van der Waals surface area contributed by atoms with Crippen molar-refractivity contribution in [3.8, 4) is 0 Å². The molecule has 3 heteroatoms. The minimum Gasteiger partial charge on any atom is -0.393 e. The molecule has 0 radical (unpaired) electrons. The highest BCUT2D eigenvalue weighted by molar-refractivity contribution is 5.99. The minimum absolute atomic E-state index is 0.193. The van der Waals surface area contributed by atoms with Crippen LogP contribution in [0.25, 0.3) is 0 Å². The van der Waals surface area contributed by atoms with Crippen LogP contribution in [0.2, 0.25) is 0 Å². The fourth-order valence-electron chi connectivity index (χ4n) is 3.82. The Bertz CT molecular complexity index is 500. The second kappa shape index (κ2) is 5.80. The van der Waals surface area contributed by atoms with Gasteiger partial charge < -0.3 is 10.0 Å². The van der Waals surface area contributed by atoms with Gasteiger partial charge >= 0.3 is 0 Å². The van der Waals surface area contributed by atoms with Crippen LogP contribution in [0.15, 0.2) is 24.3 Å². The van der Waals surface area contributed by atoms with Crippen molar-refractivity contribution in [1.82, 2.24) is 0 Å². The number of carbonyl (C=O) groups is 1. The standard InChI is InChI=1S/C18H25NO2/c1-2-3-14-4-6-15(7-5-14)19-13-12-18(17(19)21)10-8-16(20)9-11-18/h4-7,16,20H,2-3,8-13H2,1H3/t16-,18-. The molecule has 1 aromatic carbocycles. The third kappa shape index (κ3) is 2.71. The largest absolute Gasteiger partial charge is 0.393 e. The first-order valence-electron chi connectivity index (χ1n) is 8.23. The minimum atomic E-state index is -0.203. The molecule has 0 aromatic heterocycles. The zero-order valence-corrected chi connectivity index (χ0v) is 12.8. The number of amides is 1. The molecule has 21 heavy (non-hydrogen) atoms. The summed E-state index contributed by atoms with van der Waals surface area (Å²) in [6.45, 7) is 3.00. The third-order valence-electron chi connectivity index (χ3n) is 5.21. The summed E-state index contributed by atoms with van der Waals surface area (Å²) in [6, 6.07) is 8.45. The molecule has 1 aliphatic carbocycles. The zero-order chi connectivity index (χ0) is 14.9. The fraction of sp³-hybridized carbons (Fsp3) is 0.611. The van der Waals surface area contributed by atoms with Gasteiger partial charge in [0.25, 0.3) is 0 Å². The molecule has 0 bridgehead atoms. The Kier molecular flexibility index (Phi) is 4.03. The van der Waals surface area contributed by atoms with E-state index in [0.29, 0.717) is 0 Å². The van der Waals surface area contributed by atoms with Gasteiger partial charge in [0, 0.05) is 12.2 Å². The molecule has 114 valence electrons. The van der Waals surface area contributed by atoms with E-state index in [1.165, 1.54) is 5.56 Å². The first kappa shape index (κ1) is 14.6. The zero-order valence-electron chi connectivity index (χ0n) is 12.8. The Balaban J connectivity index is 1.74. The highest BCUT2D eigenvalue weighted by atomic mass is 16.3. The molecule has 0 atom stereocenters. The Morgan fingerprint density at radius 1 is 1.19 bits per heavy atom. The van der Waals surface area contributed by atoms with Crippen LogP contribution in [0.3, 0.4) is 0 Å². The normalized spacial score (nSPS) is 29.3. The second-order valence-corrected chi connectivity index (χ2v) is 6.63. The topological polar surface area (TPSA) is 40.5 Å². The van der Waals surface area contributed by atoms with Crippen LogP contribution in [0.4, 0.5) is 5.69 Å². The highest BCUT2D eigenvalue weighted by Crippen LogP contribution is 2.45. The molecule has 1 aromatic rings. The van der Waals surface area contributed by atoms with E-state index in [2.05, 4.69) is 31.2 Å². The molecule has 1 spiro atoms. The maximum absolute atomic E-state index is 12.8. The summed E-state index contributed by atoms with van der Waals surface area (Å²) in [5.74, 6) is 0.276. The number of aliphatic hydroxyl groups is 1. The number of aryl methyl sites for hydroxylation is 1. The maximum Gasteiger partial charge on any atom is 0.233 e. The predicted molar refractivity (Wildman–Crippen MR) is 84.3 cm³/mol. The first-order valence-corrected chi connectivity index (χ1v) is 8.23. The van der Waals surface area contributed by atoms with E-state index in [4.69, 9.17) is 0 Å². The molecule has 0 unspecified atom stereocenters. The van der Waals surface area contributed by atoms with Crippen LogP contribution < -0.4 is 4.90 Å². The molecular formula is C18H25NO2. The Hall–Kier alpha value is -1.35. The SMILES string of the molecule is CCCc1ccc(N2CC[C@]3(CC[C@@H](O)CC3)C2=O)cc1. The van der Waals surface area contributed by atoms with E-state index >= 15 is 0 Å². The lowest BCUT2D eigenvalue weighted by Crippen LogP contribution is -2.38. The molecular weight excluding hydrogens is 262 g/mol. The average molecular weight is 287 g/mol. The van der Waals surface area contributed by atoms with Gasteiger partial charge in [-0.2, -0.15) is 0 Å². The lowest BCUT2D eigenvalue weighted by Gasteiger charge is -2.33. The number of carbonyl (C=O) groups excluding carboxylic acids is 1. The van der Waals surface area contributed by atoms with Gasteiger partial charge in [-0.1, -0.05) is 25.5 Å². The van der Waals surface area contributed by atoms with Gasteiger partial charge in [-0.3, -0.25) is 4.79 Å². The molecule has 1 heterocycles. The fourth-order valence-corrected chi connectivity index (χ4v) is 3.82. The van der Waals surface area contributed by atoms with Crippen molar-refractivity contribution in [3.63, 3.8) is 0 Å². The Morgan fingerprint density at radius 3 is 2.48 bits per heavy atom. The number of nitrogens with zero attached hydrogens (tertiary/aromatic N) is 1. The van der Waals surface area contributed by atoms with E-state index in [1.54, 1.807) is 0 Å². The summed E-state index contributed by atoms with van der Waals surface area (Å²) in [5.41, 5.74) is 2.17. The van der Waals surface area contributed by atoms with Gasteiger partial charge in [-0.25, -0.2) is 0 Å². The predicted octanol–water partition coefficient (Wildman–Crippen LogP) is 3.30. The molecule has 2 fully saturated rings. The summed E-state index contributed by atoms with van der Waals surface area (Å²) < 4.78 is 0. The number of anilines is 1. The van der Waals surface area contributed by atoms with Crippen molar-refractivity contribution in [1.29, 1.82) is 0 Å². The second-order valence-electron chi connectivity index (χ2n) is 6.63. The summed E-state index contributed by atoms with van der Waals surface area (Å²) in [5, 5.41) is 9.68. The summed E-state index contributed by atoms with van der Waals surface area (Å²) in [6.07, 6.45) is 6.21. The number of hydrogen-bond donors (Lipinski definition) is 1. The lowest BCUT2D eigenvalue weighted by molar-refractivity contribution is -0.128. The van der Waals surface area contributed by atoms with E-state index in [9.17, 15) is 9.90 Å². The third-order valence-corrected chi connectivity index (χ3v) is 5.21. The molecule has 1 saturated carbocycles. The molecule has 3 rings (SSSR count). The van der Waals surface area contributed by atoms with E-state index < -0.39 is 0 Å². The Morgan fingerprint density at radius 2 is 1.86 bits per heavy atom. The molecule has 1 aliphatic heterocycles. The number of hydrogen-bond acceptors (Lipinski definition) is 2. The van der Waals surface area contributed by atoms with Crippen molar-refractivity contribution < 1.29 is 9.90 Å². The maximum atomic E-state index is 12.8. The monoisotopic (exact) mass is 287 g/mol. The quantitative estimate of drug-likeness (QED) is 0.926. The van der Waals surface area contributed by atoms with Crippen molar-refractivity contribution >= 4 is 11.6 Å². The average Bonchev–Trinajstić information content (AvgIpc) is 2.81. The van der Waals surface area contributed by atoms with Crippen LogP contribution in [0.1, 0.15) is 51.0 Å². The van der Waals surface area contributed by atoms with Crippen LogP contribution in [-0.2, 0) is 11.2 Å². The first-order chi connectivity index (χ1) is 10.1. The molecule has 1 amide bonds. The Labute approximate surface area is 127 Å². The van der Waals surface area contributed by atoms with Gasteiger partial charge in [-0.15, -0.1) is 0 Å². The van der Waals surface area contributed by atoms with E-state index in [-0.39, 0.29) is 17.4 Å². The number of aliphatic hydroxyl groups excluding tert-OH is 1. The van der Waals surface area contributed by atoms with Gasteiger partial charge in [0.05, 0.1) is 11.5 Å². The van der Waals surface area contributed by atoms with Crippen LogP contribution in [0, 0.1) is 5.41 Å². The van der Waals surface area contributed by atoms with Gasteiger partial charge in [0.2, 0.25) is 5.91 Å². The van der Waals surface area contributed by atoms with Crippen molar-refractivity contribution in [2.45, 2.75) is 58.0 Å². The number of benzene rings is 1. The molecule has 3 nitrogen and oxygen atoms in total. The summed E-state index contributed by atoms with van der Waals surface area (Å²) in [7, 11) is 0. The summed E-state index contributed by atoms with van der Waals surface area (Å²) >= 11 is 0.